The van der Waals surface area contributed by atoms with Crippen LogP contribution in [0.25, 0.3) is 11.3 Å². The number of halogens is 1. The van der Waals surface area contributed by atoms with E-state index in [1.807, 2.05) is 0 Å². The third-order valence-corrected chi connectivity index (χ3v) is 2.67. The molecule has 0 amide bonds. The molecule has 1 N–H and O–H groups in total. The maximum atomic E-state index is 11.1. The van der Waals surface area contributed by atoms with Gasteiger partial charge in [-0.2, -0.15) is 0 Å². The highest BCUT2D eigenvalue weighted by atomic mass is 79.9. The Bertz CT molecular complexity index is 489. The molecule has 3 nitrogen and oxygen atoms in total. The predicted molar refractivity (Wildman–Crippen MR) is 58.8 cm³/mol. The molecule has 15 heavy (non-hydrogen) atoms. The fraction of sp³-hybridized carbons (Fsp3) is 0. The van der Waals surface area contributed by atoms with Gasteiger partial charge in [-0.1, -0.05) is 12.1 Å². The van der Waals surface area contributed by atoms with Gasteiger partial charge in [0.2, 0.25) is 0 Å². The molecule has 0 fully saturated rings. The summed E-state index contributed by atoms with van der Waals surface area (Å²) in [5.41, 5.74) is 0.786. The zero-order chi connectivity index (χ0) is 10.8. The molecule has 0 aliphatic heterocycles. The van der Waals surface area contributed by atoms with Gasteiger partial charge in [0, 0.05) is 10.0 Å². The molecule has 1 aromatic carbocycles. The number of aromatic carboxylic acids is 1. The van der Waals surface area contributed by atoms with E-state index >= 15 is 0 Å². The Morgan fingerprint density at radius 1 is 1.27 bits per heavy atom. The lowest BCUT2D eigenvalue weighted by atomic mass is 10.1. The van der Waals surface area contributed by atoms with E-state index in [0.717, 1.165) is 0 Å². The average Bonchev–Trinajstić information content (AvgIpc) is 2.69. The lowest BCUT2D eigenvalue weighted by Crippen LogP contribution is -2.00. The second-order valence-electron chi connectivity index (χ2n) is 2.94. The van der Waals surface area contributed by atoms with Crippen molar-refractivity contribution in [1.82, 2.24) is 0 Å². The van der Waals surface area contributed by atoms with Gasteiger partial charge in [0.05, 0.1) is 11.8 Å². The van der Waals surface area contributed by atoms with Crippen molar-refractivity contribution in [3.8, 4) is 11.3 Å². The van der Waals surface area contributed by atoms with E-state index in [-0.39, 0.29) is 5.56 Å². The summed E-state index contributed by atoms with van der Waals surface area (Å²) in [5, 5.41) is 9.07. The van der Waals surface area contributed by atoms with Gasteiger partial charge in [0.1, 0.15) is 5.76 Å². The molecule has 0 saturated carbocycles. The molecule has 4 heteroatoms. The van der Waals surface area contributed by atoms with Crippen LogP contribution in [0.2, 0.25) is 0 Å². The van der Waals surface area contributed by atoms with Gasteiger partial charge in [-0.25, -0.2) is 4.79 Å². The van der Waals surface area contributed by atoms with E-state index in [1.54, 1.807) is 30.3 Å². The molecule has 2 rings (SSSR count). The largest absolute Gasteiger partial charge is 0.478 e. The molecule has 0 spiro atoms. The fourth-order valence-electron chi connectivity index (χ4n) is 1.38. The van der Waals surface area contributed by atoms with Crippen LogP contribution < -0.4 is 0 Å². The molecule has 0 aliphatic carbocycles. The van der Waals surface area contributed by atoms with Crippen molar-refractivity contribution in [3.63, 3.8) is 0 Å². The summed E-state index contributed by atoms with van der Waals surface area (Å²) in [6.45, 7) is 0. The van der Waals surface area contributed by atoms with Crippen molar-refractivity contribution in [2.75, 3.05) is 0 Å². The molecular formula is C11H7BrO3. The van der Waals surface area contributed by atoms with Crippen LogP contribution in [0.3, 0.4) is 0 Å². The van der Waals surface area contributed by atoms with Crippen molar-refractivity contribution < 1.29 is 14.3 Å². The third-order valence-electron chi connectivity index (χ3n) is 2.01. The van der Waals surface area contributed by atoms with Crippen LogP contribution in [0.4, 0.5) is 0 Å². The Kier molecular flexibility index (Phi) is 2.60. The number of carboxylic acid groups (broad SMARTS) is 1. The molecule has 1 heterocycles. The highest BCUT2D eigenvalue weighted by Gasteiger charge is 2.16. The van der Waals surface area contributed by atoms with Crippen molar-refractivity contribution >= 4 is 21.9 Å². The number of hydrogen-bond donors (Lipinski definition) is 1. The number of carboxylic acids is 1. The van der Waals surface area contributed by atoms with Gasteiger partial charge in [0.15, 0.2) is 0 Å². The maximum Gasteiger partial charge on any atom is 0.337 e. The van der Waals surface area contributed by atoms with Crippen LogP contribution in [-0.4, -0.2) is 11.1 Å². The summed E-state index contributed by atoms with van der Waals surface area (Å²) in [7, 11) is 0. The van der Waals surface area contributed by atoms with E-state index < -0.39 is 5.97 Å². The van der Waals surface area contributed by atoms with Crippen molar-refractivity contribution in [1.29, 1.82) is 0 Å². The van der Waals surface area contributed by atoms with E-state index in [2.05, 4.69) is 15.9 Å². The second-order valence-corrected chi connectivity index (χ2v) is 3.80. The highest BCUT2D eigenvalue weighted by Crippen LogP contribution is 2.29. The van der Waals surface area contributed by atoms with Crippen LogP contribution in [0.5, 0.6) is 0 Å². The fourth-order valence-corrected chi connectivity index (χ4v) is 1.91. The second kappa shape index (κ2) is 3.90. The number of hydrogen-bond acceptors (Lipinski definition) is 2. The first-order valence-corrected chi connectivity index (χ1v) is 5.05. The number of rotatable bonds is 2. The summed E-state index contributed by atoms with van der Waals surface area (Å²) in [4.78, 5) is 11.1. The molecule has 0 atom stereocenters. The maximum absolute atomic E-state index is 11.1. The van der Waals surface area contributed by atoms with Gasteiger partial charge in [0.25, 0.3) is 0 Å². The Balaban J connectivity index is 2.66. The topological polar surface area (TPSA) is 50.4 Å². The zero-order valence-corrected chi connectivity index (χ0v) is 9.19. The third kappa shape index (κ3) is 1.80. The summed E-state index contributed by atoms with van der Waals surface area (Å²) < 4.78 is 5.73. The minimum atomic E-state index is -0.978. The molecule has 1 aromatic heterocycles. The van der Waals surface area contributed by atoms with Gasteiger partial charge in [-0.3, -0.25) is 0 Å². The molecular weight excluding hydrogens is 260 g/mol. The van der Waals surface area contributed by atoms with Crippen LogP contribution in [0.1, 0.15) is 10.4 Å². The predicted octanol–water partition coefficient (Wildman–Crippen LogP) is 3.41. The van der Waals surface area contributed by atoms with Gasteiger partial charge < -0.3 is 9.52 Å². The molecule has 76 valence electrons. The van der Waals surface area contributed by atoms with E-state index in [9.17, 15) is 4.79 Å². The molecule has 0 radical (unpaired) electrons. The molecule has 0 unspecified atom stereocenters. The van der Waals surface area contributed by atoms with Crippen LogP contribution >= 0.6 is 15.9 Å². The summed E-state index contributed by atoms with van der Waals surface area (Å²) >= 11 is 3.21. The lowest BCUT2D eigenvalue weighted by molar-refractivity contribution is 0.0696. The van der Waals surface area contributed by atoms with Gasteiger partial charge in [-0.05, 0) is 34.1 Å². The quantitative estimate of drug-likeness (QED) is 0.907. The Morgan fingerprint density at radius 2 is 2.07 bits per heavy atom. The molecule has 0 bridgehead atoms. The standard InChI is InChI=1S/C11H7BrO3/c12-8-4-1-3-7(10(8)11(13)14)9-5-2-6-15-9/h1-6H,(H,13,14). The van der Waals surface area contributed by atoms with Crippen LogP contribution in [0.15, 0.2) is 45.5 Å². The van der Waals surface area contributed by atoms with Crippen molar-refractivity contribution in [2.45, 2.75) is 0 Å². The molecule has 0 aliphatic rings. The van der Waals surface area contributed by atoms with E-state index in [0.29, 0.717) is 15.8 Å². The summed E-state index contributed by atoms with van der Waals surface area (Å²) in [5.74, 6) is -0.428. The van der Waals surface area contributed by atoms with E-state index in [4.69, 9.17) is 9.52 Å². The number of carbonyl (C=O) groups is 1. The smallest absolute Gasteiger partial charge is 0.337 e. The van der Waals surface area contributed by atoms with Crippen LogP contribution in [-0.2, 0) is 0 Å². The normalized spacial score (nSPS) is 10.2. The minimum absolute atomic E-state index is 0.215. The average molecular weight is 267 g/mol. The minimum Gasteiger partial charge on any atom is -0.478 e. The van der Waals surface area contributed by atoms with Crippen molar-refractivity contribution in [3.05, 3.63) is 46.6 Å². The first kappa shape index (κ1) is 9.98. The first-order valence-electron chi connectivity index (χ1n) is 4.26. The Labute approximate surface area is 94.5 Å². The van der Waals surface area contributed by atoms with Crippen LogP contribution in [0, 0.1) is 0 Å². The SMILES string of the molecule is O=C(O)c1c(Br)cccc1-c1ccco1. The highest BCUT2D eigenvalue weighted by molar-refractivity contribution is 9.10. The first-order chi connectivity index (χ1) is 7.20. The summed E-state index contributed by atoms with van der Waals surface area (Å²) in [6, 6.07) is 8.63. The monoisotopic (exact) mass is 266 g/mol. The van der Waals surface area contributed by atoms with Gasteiger partial charge >= 0.3 is 5.97 Å². The number of benzene rings is 1. The zero-order valence-electron chi connectivity index (χ0n) is 7.61. The van der Waals surface area contributed by atoms with Gasteiger partial charge in [-0.15, -0.1) is 0 Å². The number of furan rings is 1. The Morgan fingerprint density at radius 3 is 2.67 bits per heavy atom. The summed E-state index contributed by atoms with van der Waals surface area (Å²) in [6.07, 6.45) is 1.52. The lowest BCUT2D eigenvalue weighted by Gasteiger charge is -2.04. The molecule has 2 aromatic rings. The van der Waals surface area contributed by atoms with Crippen molar-refractivity contribution in [2.24, 2.45) is 0 Å². The molecule has 0 saturated heterocycles. The Hall–Kier alpha value is -1.55. The van der Waals surface area contributed by atoms with E-state index in [1.165, 1.54) is 6.26 Å².